The molecule has 0 spiro atoms. The van der Waals surface area contributed by atoms with Gasteiger partial charge in [0, 0.05) is 0 Å². The molecule has 0 rings (SSSR count). The second-order valence-electron chi connectivity index (χ2n) is 1.77. The molecule has 0 aliphatic heterocycles. The third-order valence-corrected chi connectivity index (χ3v) is 4.42. The average Bonchev–Trinajstić information content (AvgIpc) is 1.98. The fourth-order valence-electron chi connectivity index (χ4n) is 0.371. The molecule has 0 fully saturated rings. The molecule has 0 aliphatic carbocycles. The van der Waals surface area contributed by atoms with Crippen molar-refractivity contribution in [1.29, 1.82) is 0 Å². The van der Waals surface area contributed by atoms with E-state index in [2.05, 4.69) is 18.5 Å². The number of aliphatic hydroxyl groups excluding tert-OH is 2. The van der Waals surface area contributed by atoms with Crippen molar-refractivity contribution in [1.82, 2.24) is 0 Å². The van der Waals surface area contributed by atoms with Crippen LogP contribution in [0.3, 0.4) is 0 Å². The van der Waals surface area contributed by atoms with Crippen molar-refractivity contribution in [3.63, 3.8) is 0 Å². The third kappa shape index (κ3) is 4.88. The first kappa shape index (κ1) is 11.1. The minimum absolute atomic E-state index is 0.332. The molecule has 0 aromatic carbocycles. The first-order valence-corrected chi connectivity index (χ1v) is 8.20. The molecule has 0 aromatic rings. The predicted octanol–water partition coefficient (Wildman–Crippen LogP) is 0.0385. The number of aliphatic hydroxyl groups is 2. The second kappa shape index (κ2) is 6.83. The molecule has 0 radical (unpaired) electrons. The zero-order valence-electron chi connectivity index (χ0n) is 5.73. The van der Waals surface area contributed by atoms with Gasteiger partial charge in [-0.1, -0.05) is 0 Å². The van der Waals surface area contributed by atoms with Crippen LogP contribution < -0.4 is 0 Å². The molecule has 0 aliphatic rings. The van der Waals surface area contributed by atoms with Gasteiger partial charge in [0.1, 0.15) is 0 Å². The third-order valence-electron chi connectivity index (χ3n) is 0.988. The van der Waals surface area contributed by atoms with Gasteiger partial charge in [0.15, 0.2) is 0 Å². The summed E-state index contributed by atoms with van der Waals surface area (Å²) >= 11 is 4.37. The van der Waals surface area contributed by atoms with E-state index in [4.69, 9.17) is 10.2 Å². The van der Waals surface area contributed by atoms with Gasteiger partial charge in [0.2, 0.25) is 0 Å². The van der Waals surface area contributed by atoms with Crippen LogP contribution in [0.4, 0.5) is 0 Å². The summed E-state index contributed by atoms with van der Waals surface area (Å²) in [4.78, 5) is 0. The molecule has 0 unspecified atom stereocenters. The van der Waals surface area contributed by atoms with E-state index in [1.165, 1.54) is 0 Å². The van der Waals surface area contributed by atoms with E-state index in [-0.39, 0.29) is 0 Å². The summed E-state index contributed by atoms with van der Waals surface area (Å²) in [5, 5.41) is 18.2. The van der Waals surface area contributed by atoms with Gasteiger partial charge >= 0.3 is 76.4 Å². The fraction of sp³-hybridized carbons (Fsp3) is 1.00. The monoisotopic (exact) mass is 248 g/mol. The topological polar surface area (TPSA) is 40.5 Å². The molecule has 0 amide bonds. The van der Waals surface area contributed by atoms with Crippen LogP contribution in [-0.4, -0.2) is 47.8 Å². The van der Waals surface area contributed by atoms with Crippen LogP contribution in [0, 0.1) is 0 Å². The average molecular weight is 247 g/mol. The molecule has 2 atom stereocenters. The Balaban J connectivity index is 3.31. The molecular formula is C5H12O2S2Se. The predicted molar refractivity (Wildman–Crippen MR) is 49.9 cm³/mol. The van der Waals surface area contributed by atoms with Crippen LogP contribution >= 0.6 is 22.8 Å². The number of thiol groups is 1. The van der Waals surface area contributed by atoms with Crippen molar-refractivity contribution in [2.45, 2.75) is 18.0 Å². The van der Waals surface area contributed by atoms with Crippen molar-refractivity contribution in [2.24, 2.45) is 0 Å². The molecule has 0 bridgehead atoms. The zero-order chi connectivity index (χ0) is 7.98. The Bertz CT molecular complexity index is 84.0. The summed E-state index contributed by atoms with van der Waals surface area (Å²) in [5.41, 5.74) is 0. The van der Waals surface area contributed by atoms with Gasteiger partial charge in [-0.25, -0.2) is 0 Å². The normalized spacial score (nSPS) is 16.8. The Morgan fingerprint density at radius 2 is 2.10 bits per heavy atom. The second-order valence-corrected chi connectivity index (χ2v) is 6.62. The van der Waals surface area contributed by atoms with Crippen molar-refractivity contribution < 1.29 is 10.2 Å². The van der Waals surface area contributed by atoms with Crippen LogP contribution in [-0.2, 0) is 0 Å². The standard InChI is InChI=1S/C5H12O2S2Se/c1-10-9-3-5(7)4(6)2-8/h4-8H,2-3H2,1H3/t4-,5-/m1/s1. The minimum atomic E-state index is -0.668. The van der Waals surface area contributed by atoms with Gasteiger partial charge < -0.3 is 0 Å². The number of hydrogen-bond acceptors (Lipinski definition) is 4. The van der Waals surface area contributed by atoms with Crippen LogP contribution in [0.2, 0.25) is 5.82 Å². The van der Waals surface area contributed by atoms with Crippen molar-refractivity contribution in [3.8, 4) is 0 Å². The van der Waals surface area contributed by atoms with Crippen molar-refractivity contribution in [3.05, 3.63) is 0 Å². The summed E-state index contributed by atoms with van der Waals surface area (Å²) < 4.78 is 0. The molecule has 62 valence electrons. The maximum atomic E-state index is 9.14. The summed E-state index contributed by atoms with van der Waals surface area (Å²) in [5.74, 6) is 3.04. The quantitative estimate of drug-likeness (QED) is 0.474. The molecule has 0 aromatic heterocycles. The van der Waals surface area contributed by atoms with E-state index >= 15 is 0 Å². The van der Waals surface area contributed by atoms with E-state index in [9.17, 15) is 0 Å². The maximum absolute atomic E-state index is 9.14. The SMILES string of the molecule is C[Se]SC[C@@H](O)[C@H](O)CS. The van der Waals surface area contributed by atoms with Gasteiger partial charge in [-0.2, -0.15) is 0 Å². The van der Waals surface area contributed by atoms with Gasteiger partial charge in [-0.3, -0.25) is 0 Å². The Morgan fingerprint density at radius 1 is 1.50 bits per heavy atom. The van der Waals surface area contributed by atoms with Crippen LogP contribution in [0.1, 0.15) is 0 Å². The molecule has 0 saturated heterocycles. The van der Waals surface area contributed by atoms with Crippen molar-refractivity contribution in [2.75, 3.05) is 11.5 Å². The van der Waals surface area contributed by atoms with Gasteiger partial charge in [0.05, 0.1) is 0 Å². The summed E-state index contributed by atoms with van der Waals surface area (Å²) in [6.45, 7) is 0. The van der Waals surface area contributed by atoms with E-state index in [1.54, 1.807) is 10.2 Å². The van der Waals surface area contributed by atoms with Crippen molar-refractivity contribution >= 4 is 36.6 Å². The molecule has 0 saturated carbocycles. The number of hydrogen-bond donors (Lipinski definition) is 3. The molecular weight excluding hydrogens is 235 g/mol. The van der Waals surface area contributed by atoms with E-state index in [1.807, 2.05) is 0 Å². The molecule has 2 N–H and O–H groups in total. The molecule has 10 heavy (non-hydrogen) atoms. The molecule has 0 heterocycles. The zero-order valence-corrected chi connectivity index (χ0v) is 9.15. The summed E-state index contributed by atoms with van der Waals surface area (Å²) in [7, 11) is 1.68. The first-order valence-electron chi connectivity index (χ1n) is 2.85. The van der Waals surface area contributed by atoms with Gasteiger partial charge in [-0.15, -0.1) is 0 Å². The first-order chi connectivity index (χ1) is 4.72. The number of rotatable bonds is 5. The van der Waals surface area contributed by atoms with Gasteiger partial charge in [0.25, 0.3) is 0 Å². The van der Waals surface area contributed by atoms with Crippen LogP contribution in [0.5, 0.6) is 0 Å². The van der Waals surface area contributed by atoms with Crippen LogP contribution in [0.25, 0.3) is 0 Å². The van der Waals surface area contributed by atoms with E-state index in [0.29, 0.717) is 25.3 Å². The van der Waals surface area contributed by atoms with Gasteiger partial charge in [-0.05, 0) is 0 Å². The molecule has 5 heteroatoms. The Kier molecular flexibility index (Phi) is 7.60. The molecule has 2 nitrogen and oxygen atoms in total. The summed E-state index contributed by atoms with van der Waals surface area (Å²) in [6.07, 6.45) is -1.28. The van der Waals surface area contributed by atoms with E-state index in [0.717, 1.165) is 0 Å². The Hall–Kier alpha value is 1.14. The Labute approximate surface area is 76.4 Å². The fourth-order valence-corrected chi connectivity index (χ4v) is 2.85. The van der Waals surface area contributed by atoms with Crippen LogP contribution in [0.15, 0.2) is 0 Å². The summed E-state index contributed by atoms with van der Waals surface area (Å²) in [6, 6.07) is 0. The van der Waals surface area contributed by atoms with E-state index < -0.39 is 12.2 Å². The Morgan fingerprint density at radius 3 is 2.50 bits per heavy atom.